The molecule has 0 radical (unpaired) electrons. The van der Waals surface area contributed by atoms with Crippen molar-refractivity contribution in [3.05, 3.63) is 101 Å². The number of carbonyl (C=O) groups is 1. The fraction of sp³-hybridized carbons (Fsp3) is 0.296. The van der Waals surface area contributed by atoms with Gasteiger partial charge in [0.1, 0.15) is 11.6 Å². The summed E-state index contributed by atoms with van der Waals surface area (Å²) in [5, 5.41) is 16.9. The quantitative estimate of drug-likeness (QED) is 0.353. The summed E-state index contributed by atoms with van der Waals surface area (Å²) in [6, 6.07) is 18.2. The Labute approximate surface area is 203 Å². The second kappa shape index (κ2) is 12.6. The molecule has 2 unspecified atom stereocenters. The monoisotopic (exact) mass is 484 g/mol. The van der Waals surface area contributed by atoms with Gasteiger partial charge in [0.05, 0.1) is 18.6 Å². The predicted molar refractivity (Wildman–Crippen MR) is 133 cm³/mol. The van der Waals surface area contributed by atoms with Crippen molar-refractivity contribution in [2.45, 2.75) is 43.4 Å². The topological polar surface area (TPSA) is 61.4 Å². The van der Waals surface area contributed by atoms with Crippen LogP contribution in [0.3, 0.4) is 0 Å². The van der Waals surface area contributed by atoms with Gasteiger partial charge in [-0.25, -0.2) is 8.78 Å². The Kier molecular flexibility index (Phi) is 9.62. The van der Waals surface area contributed by atoms with Crippen molar-refractivity contribution in [3.63, 3.8) is 0 Å². The summed E-state index contributed by atoms with van der Waals surface area (Å²) < 4.78 is 27.4. The van der Waals surface area contributed by atoms with E-state index in [1.807, 2.05) is 61.7 Å². The maximum Gasteiger partial charge on any atom is 0.224 e. The Hall–Kier alpha value is -2.74. The number of benzene rings is 3. The first-order valence-corrected chi connectivity index (χ1v) is 12.4. The number of hydrogen-bond acceptors (Lipinski definition) is 4. The van der Waals surface area contributed by atoms with Crippen LogP contribution in [-0.2, 0) is 24.2 Å². The van der Waals surface area contributed by atoms with Crippen molar-refractivity contribution in [3.8, 4) is 0 Å². The fourth-order valence-electron chi connectivity index (χ4n) is 3.67. The van der Waals surface area contributed by atoms with Crippen molar-refractivity contribution >= 4 is 17.7 Å². The van der Waals surface area contributed by atoms with Crippen LogP contribution in [0.4, 0.5) is 8.78 Å². The minimum absolute atomic E-state index is 0.0964. The standard InChI is InChI=1S/C27H30F2N2O2S/c1-18-3-5-20(6-4-18)16-30-17-26(32)25(13-21-11-22(28)15-23(29)12-21)31-27(33)14-19-7-9-24(34-2)10-8-19/h3-12,15,25-26,30,32H,13-14,16-17H2,1-2H3,(H,31,33). The highest BCUT2D eigenvalue weighted by Crippen LogP contribution is 2.16. The van der Waals surface area contributed by atoms with Crippen LogP contribution in [0.5, 0.6) is 0 Å². The average Bonchev–Trinajstić information content (AvgIpc) is 2.79. The van der Waals surface area contributed by atoms with Gasteiger partial charge in [-0.05, 0) is 60.6 Å². The van der Waals surface area contributed by atoms with Crippen molar-refractivity contribution in [1.82, 2.24) is 10.6 Å². The molecule has 0 heterocycles. The van der Waals surface area contributed by atoms with E-state index in [2.05, 4.69) is 10.6 Å². The molecule has 3 N–H and O–H groups in total. The molecule has 0 saturated carbocycles. The molecule has 3 aromatic rings. The zero-order valence-corrected chi connectivity index (χ0v) is 20.2. The third kappa shape index (κ3) is 8.24. The Bertz CT molecular complexity index is 1050. The summed E-state index contributed by atoms with van der Waals surface area (Å²) in [4.78, 5) is 13.8. The molecule has 0 aliphatic rings. The van der Waals surface area contributed by atoms with E-state index in [0.29, 0.717) is 12.1 Å². The first-order chi connectivity index (χ1) is 16.3. The van der Waals surface area contributed by atoms with Gasteiger partial charge in [0.2, 0.25) is 5.91 Å². The third-order valence-corrected chi connectivity index (χ3v) is 6.26. The average molecular weight is 485 g/mol. The Morgan fingerprint density at radius 1 is 0.941 bits per heavy atom. The summed E-state index contributed by atoms with van der Waals surface area (Å²) >= 11 is 1.62. The van der Waals surface area contributed by atoms with Gasteiger partial charge in [-0.1, -0.05) is 42.0 Å². The molecule has 1 amide bonds. The lowest BCUT2D eigenvalue weighted by atomic mass is 10.00. The van der Waals surface area contributed by atoms with Crippen LogP contribution < -0.4 is 10.6 Å². The molecule has 34 heavy (non-hydrogen) atoms. The molecule has 3 rings (SSSR count). The maximum atomic E-state index is 13.7. The number of amides is 1. The molecule has 0 bridgehead atoms. The molecule has 7 heteroatoms. The SMILES string of the molecule is CSc1ccc(CC(=O)NC(Cc2cc(F)cc(F)c2)C(O)CNCc2ccc(C)cc2)cc1. The van der Waals surface area contributed by atoms with Crippen molar-refractivity contribution in [2.24, 2.45) is 0 Å². The van der Waals surface area contributed by atoms with Gasteiger partial charge >= 0.3 is 0 Å². The van der Waals surface area contributed by atoms with Gasteiger partial charge in [0, 0.05) is 24.1 Å². The van der Waals surface area contributed by atoms with E-state index in [1.54, 1.807) is 11.8 Å². The molecule has 0 saturated heterocycles. The zero-order valence-electron chi connectivity index (χ0n) is 19.4. The minimum atomic E-state index is -0.959. The number of nitrogens with one attached hydrogen (secondary N) is 2. The van der Waals surface area contributed by atoms with Crippen molar-refractivity contribution < 1.29 is 18.7 Å². The first kappa shape index (κ1) is 25.9. The lowest BCUT2D eigenvalue weighted by Crippen LogP contribution is -2.49. The molecule has 180 valence electrons. The van der Waals surface area contributed by atoms with Gasteiger partial charge in [-0.3, -0.25) is 4.79 Å². The van der Waals surface area contributed by atoms with Crippen LogP contribution in [0.2, 0.25) is 0 Å². The van der Waals surface area contributed by atoms with Crippen molar-refractivity contribution in [1.29, 1.82) is 0 Å². The zero-order chi connectivity index (χ0) is 24.5. The van der Waals surface area contributed by atoms with Crippen LogP contribution >= 0.6 is 11.8 Å². The molecule has 2 atom stereocenters. The minimum Gasteiger partial charge on any atom is -0.390 e. The number of carbonyl (C=O) groups excluding carboxylic acids is 1. The molecular weight excluding hydrogens is 454 g/mol. The molecule has 0 aromatic heterocycles. The number of thioether (sulfide) groups is 1. The molecule has 0 spiro atoms. The van der Waals surface area contributed by atoms with E-state index >= 15 is 0 Å². The maximum absolute atomic E-state index is 13.7. The summed E-state index contributed by atoms with van der Waals surface area (Å²) in [7, 11) is 0. The lowest BCUT2D eigenvalue weighted by Gasteiger charge is -2.25. The van der Waals surface area contributed by atoms with Crippen LogP contribution in [0.15, 0.2) is 71.6 Å². The fourth-order valence-corrected chi connectivity index (χ4v) is 4.07. The molecule has 0 aliphatic carbocycles. The predicted octanol–water partition coefficient (Wildman–Crippen LogP) is 4.42. The highest BCUT2D eigenvalue weighted by atomic mass is 32.2. The Morgan fingerprint density at radius 2 is 1.56 bits per heavy atom. The number of aliphatic hydroxyl groups excluding tert-OH is 1. The highest BCUT2D eigenvalue weighted by Gasteiger charge is 2.22. The second-order valence-electron chi connectivity index (χ2n) is 8.36. The van der Waals surface area contributed by atoms with Crippen LogP contribution in [0.1, 0.15) is 22.3 Å². The number of rotatable bonds is 11. The summed E-state index contributed by atoms with van der Waals surface area (Å²) in [6.45, 7) is 2.77. The van der Waals surface area contributed by atoms with E-state index in [-0.39, 0.29) is 25.3 Å². The Morgan fingerprint density at radius 3 is 2.18 bits per heavy atom. The first-order valence-electron chi connectivity index (χ1n) is 11.1. The highest BCUT2D eigenvalue weighted by molar-refractivity contribution is 7.98. The van der Waals surface area contributed by atoms with Gasteiger partial charge in [0.25, 0.3) is 0 Å². The summed E-state index contributed by atoms with van der Waals surface area (Å²) in [5.74, 6) is -1.65. The normalized spacial score (nSPS) is 12.9. The van der Waals surface area contributed by atoms with Crippen molar-refractivity contribution in [2.75, 3.05) is 12.8 Å². The molecular formula is C27H30F2N2O2S. The van der Waals surface area contributed by atoms with E-state index < -0.39 is 23.8 Å². The van der Waals surface area contributed by atoms with E-state index in [1.165, 1.54) is 12.1 Å². The largest absolute Gasteiger partial charge is 0.390 e. The lowest BCUT2D eigenvalue weighted by molar-refractivity contribution is -0.122. The van der Waals surface area contributed by atoms with Crippen LogP contribution in [0, 0.1) is 18.6 Å². The van der Waals surface area contributed by atoms with E-state index in [0.717, 1.165) is 27.7 Å². The second-order valence-corrected chi connectivity index (χ2v) is 9.24. The number of aryl methyl sites for hydroxylation is 1. The molecule has 3 aromatic carbocycles. The summed E-state index contributed by atoms with van der Waals surface area (Å²) in [5.41, 5.74) is 3.44. The van der Waals surface area contributed by atoms with Gasteiger partial charge in [-0.2, -0.15) is 0 Å². The van der Waals surface area contributed by atoms with E-state index in [4.69, 9.17) is 0 Å². The van der Waals surface area contributed by atoms with Crippen LogP contribution in [0.25, 0.3) is 0 Å². The molecule has 4 nitrogen and oxygen atoms in total. The molecule has 0 aliphatic heterocycles. The smallest absolute Gasteiger partial charge is 0.224 e. The molecule has 0 fully saturated rings. The Balaban J connectivity index is 1.65. The van der Waals surface area contributed by atoms with Crippen LogP contribution in [-0.4, -0.2) is 36.0 Å². The number of hydrogen-bond donors (Lipinski definition) is 3. The van der Waals surface area contributed by atoms with Gasteiger partial charge in [-0.15, -0.1) is 11.8 Å². The number of aliphatic hydroxyl groups is 1. The number of halogens is 2. The van der Waals surface area contributed by atoms with Gasteiger partial charge in [0.15, 0.2) is 0 Å². The third-order valence-electron chi connectivity index (χ3n) is 5.52. The van der Waals surface area contributed by atoms with Gasteiger partial charge < -0.3 is 15.7 Å². The van der Waals surface area contributed by atoms with E-state index in [9.17, 15) is 18.7 Å². The summed E-state index contributed by atoms with van der Waals surface area (Å²) in [6.07, 6.45) is 1.26.